The van der Waals surface area contributed by atoms with Crippen molar-refractivity contribution in [2.75, 3.05) is 13.2 Å². The summed E-state index contributed by atoms with van der Waals surface area (Å²) in [4.78, 5) is 10.6. The SMILES string of the molecule is C=CC(=O)OCCNC(C)(C)C.O=P(Cl)(Cl)c1ccccc1. The molecule has 0 radical (unpaired) electrons. The fourth-order valence-corrected chi connectivity index (χ4v) is 2.43. The van der Waals surface area contributed by atoms with E-state index in [1.54, 1.807) is 24.3 Å². The van der Waals surface area contributed by atoms with E-state index in [0.29, 0.717) is 18.5 Å². The molecule has 0 fully saturated rings. The Morgan fingerprint density at radius 3 is 2.23 bits per heavy atom. The van der Waals surface area contributed by atoms with Gasteiger partial charge in [-0.05, 0) is 55.4 Å². The first-order valence-electron chi connectivity index (χ1n) is 6.65. The van der Waals surface area contributed by atoms with Gasteiger partial charge in [-0.25, -0.2) is 4.79 Å². The first-order valence-corrected chi connectivity index (χ1v) is 10.2. The minimum absolute atomic E-state index is 0.0700. The van der Waals surface area contributed by atoms with Crippen LogP contribution in [0.1, 0.15) is 20.8 Å². The molecule has 0 aliphatic carbocycles. The zero-order chi connectivity index (χ0) is 17.2. The number of carbonyl (C=O) groups is 1. The van der Waals surface area contributed by atoms with Crippen molar-refractivity contribution in [1.82, 2.24) is 5.32 Å². The van der Waals surface area contributed by atoms with E-state index in [9.17, 15) is 9.36 Å². The molecule has 0 atom stereocenters. The third-order valence-corrected chi connectivity index (χ3v) is 4.30. The highest BCUT2D eigenvalue weighted by molar-refractivity contribution is 8.13. The number of esters is 1. The minimum Gasteiger partial charge on any atom is -0.461 e. The minimum atomic E-state index is -3.07. The third kappa shape index (κ3) is 11.8. The van der Waals surface area contributed by atoms with Crippen molar-refractivity contribution in [3.63, 3.8) is 0 Å². The Hall–Kier alpha value is -0.800. The standard InChI is InChI=1S/C9H17NO2.C6H5Cl2OP/c1-5-8(11)12-7-6-10-9(2,3)4;7-10(8,9)6-4-2-1-3-5-6/h5,10H,1,6-7H2,2-4H3;1-5H. The number of halogens is 2. The average molecular weight is 366 g/mol. The van der Waals surface area contributed by atoms with Gasteiger partial charge in [-0.1, -0.05) is 24.8 Å². The lowest BCUT2D eigenvalue weighted by Gasteiger charge is -2.19. The van der Waals surface area contributed by atoms with Crippen molar-refractivity contribution in [1.29, 1.82) is 0 Å². The van der Waals surface area contributed by atoms with Crippen molar-refractivity contribution in [2.45, 2.75) is 26.3 Å². The number of hydrogen-bond acceptors (Lipinski definition) is 4. The number of rotatable bonds is 5. The quantitative estimate of drug-likeness (QED) is 0.369. The molecule has 0 amide bonds. The summed E-state index contributed by atoms with van der Waals surface area (Å²) in [5.74, 6) is -3.44. The molecule has 124 valence electrons. The second kappa shape index (κ2) is 10.1. The summed E-state index contributed by atoms with van der Waals surface area (Å²) in [5, 5.41) is 3.67. The zero-order valence-electron chi connectivity index (χ0n) is 13.0. The van der Waals surface area contributed by atoms with Crippen molar-refractivity contribution >= 4 is 39.6 Å². The van der Waals surface area contributed by atoms with Gasteiger partial charge in [0.2, 0.25) is 0 Å². The van der Waals surface area contributed by atoms with Gasteiger partial charge in [0, 0.05) is 23.5 Å². The fraction of sp³-hybridized carbons (Fsp3) is 0.400. The van der Waals surface area contributed by atoms with Crippen molar-refractivity contribution in [3.05, 3.63) is 43.0 Å². The van der Waals surface area contributed by atoms with E-state index in [2.05, 4.69) is 32.7 Å². The van der Waals surface area contributed by atoms with E-state index < -0.39 is 5.85 Å². The second-order valence-corrected chi connectivity index (χ2v) is 10.2. The molecule has 4 nitrogen and oxygen atoms in total. The zero-order valence-corrected chi connectivity index (χ0v) is 15.4. The molecule has 1 N–H and O–H groups in total. The van der Waals surface area contributed by atoms with E-state index in [1.807, 2.05) is 6.07 Å². The average Bonchev–Trinajstić information content (AvgIpc) is 2.43. The number of carbonyl (C=O) groups excluding carboxylic acids is 1. The lowest BCUT2D eigenvalue weighted by atomic mass is 10.1. The summed E-state index contributed by atoms with van der Waals surface area (Å²) in [5.41, 5.74) is 0.0700. The molecule has 0 saturated heterocycles. The summed E-state index contributed by atoms with van der Waals surface area (Å²) in [7, 11) is 0. The highest BCUT2D eigenvalue weighted by atomic mass is 35.9. The number of nitrogens with one attached hydrogen (secondary N) is 1. The smallest absolute Gasteiger partial charge is 0.330 e. The van der Waals surface area contributed by atoms with Crippen LogP contribution >= 0.6 is 28.3 Å². The molecule has 7 heteroatoms. The molecule has 0 bridgehead atoms. The summed E-state index contributed by atoms with van der Waals surface area (Å²) < 4.78 is 15.7. The maximum Gasteiger partial charge on any atom is 0.330 e. The van der Waals surface area contributed by atoms with Gasteiger partial charge >= 0.3 is 5.97 Å². The van der Waals surface area contributed by atoms with Gasteiger partial charge in [-0.2, -0.15) is 0 Å². The first kappa shape index (κ1) is 21.2. The van der Waals surface area contributed by atoms with Gasteiger partial charge in [-0.3, -0.25) is 4.57 Å². The molecular weight excluding hydrogens is 344 g/mol. The van der Waals surface area contributed by atoms with Crippen LogP contribution in [-0.4, -0.2) is 24.7 Å². The van der Waals surface area contributed by atoms with Crippen LogP contribution in [0.3, 0.4) is 0 Å². The van der Waals surface area contributed by atoms with Crippen LogP contribution in [0.4, 0.5) is 0 Å². The predicted octanol–water partition coefficient (Wildman–Crippen LogP) is 4.09. The lowest BCUT2D eigenvalue weighted by molar-refractivity contribution is -0.137. The molecule has 0 saturated carbocycles. The van der Waals surface area contributed by atoms with Gasteiger partial charge in [0.15, 0.2) is 0 Å². The molecule has 1 rings (SSSR count). The number of hydrogen-bond donors (Lipinski definition) is 1. The van der Waals surface area contributed by atoms with Gasteiger partial charge in [0.1, 0.15) is 6.61 Å². The predicted molar refractivity (Wildman–Crippen MR) is 94.3 cm³/mol. The molecule has 0 heterocycles. The van der Waals surface area contributed by atoms with Crippen LogP contribution in [0, 0.1) is 0 Å². The molecule has 1 aromatic carbocycles. The lowest BCUT2D eigenvalue weighted by Crippen LogP contribution is -2.38. The van der Waals surface area contributed by atoms with Gasteiger partial charge < -0.3 is 10.1 Å². The fourth-order valence-electron chi connectivity index (χ4n) is 1.24. The molecule has 0 aliphatic heterocycles. The van der Waals surface area contributed by atoms with E-state index in [-0.39, 0.29) is 11.5 Å². The maximum atomic E-state index is 10.9. The Kier molecular flexibility index (Phi) is 9.70. The monoisotopic (exact) mass is 365 g/mol. The molecular formula is C15H22Cl2NO3P. The Morgan fingerprint density at radius 2 is 1.86 bits per heavy atom. The van der Waals surface area contributed by atoms with E-state index in [0.717, 1.165) is 6.08 Å². The van der Waals surface area contributed by atoms with E-state index in [4.69, 9.17) is 27.2 Å². The summed E-state index contributed by atoms with van der Waals surface area (Å²) in [6.07, 6.45) is 1.16. The van der Waals surface area contributed by atoms with Crippen LogP contribution in [0.5, 0.6) is 0 Å². The van der Waals surface area contributed by atoms with Gasteiger partial charge in [0.05, 0.1) is 0 Å². The topological polar surface area (TPSA) is 55.4 Å². The molecule has 22 heavy (non-hydrogen) atoms. The van der Waals surface area contributed by atoms with Gasteiger partial charge in [0.25, 0.3) is 5.85 Å². The number of ether oxygens (including phenoxy) is 1. The summed E-state index contributed by atoms with van der Waals surface area (Å²) in [6, 6.07) is 8.58. The molecule has 0 aromatic heterocycles. The highest BCUT2D eigenvalue weighted by Crippen LogP contribution is 2.54. The molecule has 1 aromatic rings. The maximum absolute atomic E-state index is 10.9. The summed E-state index contributed by atoms with van der Waals surface area (Å²) in [6.45, 7) is 10.5. The van der Waals surface area contributed by atoms with Gasteiger partial charge in [-0.15, -0.1) is 0 Å². The van der Waals surface area contributed by atoms with Crippen LogP contribution < -0.4 is 10.6 Å². The van der Waals surface area contributed by atoms with E-state index >= 15 is 0 Å². The summed E-state index contributed by atoms with van der Waals surface area (Å²) >= 11 is 10.8. The Labute approximate surface area is 141 Å². The number of benzene rings is 1. The van der Waals surface area contributed by atoms with Crippen molar-refractivity contribution in [3.8, 4) is 0 Å². The van der Waals surface area contributed by atoms with E-state index in [1.165, 1.54) is 0 Å². The molecule has 0 aliphatic rings. The molecule has 0 spiro atoms. The van der Waals surface area contributed by atoms with Crippen molar-refractivity contribution in [2.24, 2.45) is 0 Å². The second-order valence-electron chi connectivity index (χ2n) is 5.35. The molecule has 0 unspecified atom stereocenters. The van der Waals surface area contributed by atoms with Crippen LogP contribution in [0.15, 0.2) is 43.0 Å². The Bertz CT molecular complexity index is 509. The Balaban J connectivity index is 0.000000406. The first-order chi connectivity index (χ1) is 10.1. The Morgan fingerprint density at radius 1 is 1.32 bits per heavy atom. The third-order valence-electron chi connectivity index (χ3n) is 2.23. The largest absolute Gasteiger partial charge is 0.461 e. The van der Waals surface area contributed by atoms with Crippen LogP contribution in [0.2, 0.25) is 0 Å². The normalized spacial score (nSPS) is 11.1. The van der Waals surface area contributed by atoms with Crippen molar-refractivity contribution < 1.29 is 14.1 Å². The van der Waals surface area contributed by atoms with Crippen LogP contribution in [-0.2, 0) is 14.1 Å². The van der Waals surface area contributed by atoms with Crippen LogP contribution in [0.25, 0.3) is 0 Å². The highest BCUT2D eigenvalue weighted by Gasteiger charge is 2.15.